The topological polar surface area (TPSA) is 58.4 Å². The number of hydrogen-bond donors (Lipinski definition) is 2. The van der Waals surface area contributed by atoms with Gasteiger partial charge < -0.3 is 11.1 Å². The first-order valence-corrected chi connectivity index (χ1v) is 7.87. The van der Waals surface area contributed by atoms with E-state index in [1.165, 1.54) is 32.1 Å². The number of nitrogens with one attached hydrogen (secondary N) is 1. The summed E-state index contributed by atoms with van der Waals surface area (Å²) < 4.78 is 0. The third kappa shape index (κ3) is 3.69. The van der Waals surface area contributed by atoms with Crippen LogP contribution in [-0.4, -0.2) is 42.5 Å². The standard InChI is InChI=1S/C15H29N3O/c1-18(15(12-16)9-5-6-10-15)11-14(19)17-13-7-3-2-4-8-13/h13H,2-12,16H2,1H3,(H,17,19). The first-order chi connectivity index (χ1) is 9.16. The van der Waals surface area contributed by atoms with Crippen molar-refractivity contribution in [1.82, 2.24) is 10.2 Å². The van der Waals surface area contributed by atoms with E-state index < -0.39 is 0 Å². The average Bonchev–Trinajstić information content (AvgIpc) is 2.89. The first kappa shape index (κ1) is 14.8. The normalized spacial score (nSPS) is 23.7. The Hall–Kier alpha value is -0.610. The summed E-state index contributed by atoms with van der Waals surface area (Å²) in [7, 11) is 2.05. The van der Waals surface area contributed by atoms with E-state index in [2.05, 4.69) is 17.3 Å². The number of nitrogens with zero attached hydrogens (tertiary/aromatic N) is 1. The molecule has 0 unspecified atom stereocenters. The number of hydrogen-bond acceptors (Lipinski definition) is 3. The van der Waals surface area contributed by atoms with Gasteiger partial charge in [-0.15, -0.1) is 0 Å². The van der Waals surface area contributed by atoms with Gasteiger partial charge in [0.15, 0.2) is 0 Å². The molecule has 2 fully saturated rings. The Labute approximate surface area is 117 Å². The van der Waals surface area contributed by atoms with Crippen molar-refractivity contribution in [3.63, 3.8) is 0 Å². The van der Waals surface area contributed by atoms with Crippen LogP contribution in [0.3, 0.4) is 0 Å². The van der Waals surface area contributed by atoms with E-state index in [0.29, 0.717) is 19.1 Å². The predicted octanol–water partition coefficient (Wildman–Crippen LogP) is 1.64. The number of carbonyl (C=O) groups is 1. The summed E-state index contributed by atoms with van der Waals surface area (Å²) in [5.41, 5.74) is 6.03. The van der Waals surface area contributed by atoms with E-state index in [9.17, 15) is 4.79 Å². The predicted molar refractivity (Wildman–Crippen MR) is 77.9 cm³/mol. The lowest BCUT2D eigenvalue weighted by Gasteiger charge is -2.37. The molecule has 110 valence electrons. The Morgan fingerprint density at radius 2 is 1.84 bits per heavy atom. The van der Waals surface area contributed by atoms with Gasteiger partial charge in [-0.3, -0.25) is 9.69 Å². The molecule has 2 aliphatic rings. The maximum absolute atomic E-state index is 12.1. The lowest BCUT2D eigenvalue weighted by Crippen LogP contribution is -2.54. The Morgan fingerprint density at radius 1 is 1.21 bits per heavy atom. The van der Waals surface area contributed by atoms with E-state index in [1.807, 2.05) is 0 Å². The van der Waals surface area contributed by atoms with E-state index in [1.54, 1.807) is 0 Å². The number of nitrogens with two attached hydrogens (primary N) is 1. The number of amides is 1. The molecule has 0 saturated heterocycles. The smallest absolute Gasteiger partial charge is 0.234 e. The van der Waals surface area contributed by atoms with E-state index in [-0.39, 0.29) is 11.4 Å². The summed E-state index contributed by atoms with van der Waals surface area (Å²) in [4.78, 5) is 14.3. The number of carbonyl (C=O) groups excluding carboxylic acids is 1. The average molecular weight is 267 g/mol. The van der Waals surface area contributed by atoms with Crippen LogP contribution in [0.4, 0.5) is 0 Å². The van der Waals surface area contributed by atoms with Crippen LogP contribution in [0.15, 0.2) is 0 Å². The van der Waals surface area contributed by atoms with Crippen molar-refractivity contribution in [2.24, 2.45) is 5.73 Å². The van der Waals surface area contributed by atoms with Gasteiger partial charge in [-0.2, -0.15) is 0 Å². The van der Waals surface area contributed by atoms with Crippen molar-refractivity contribution in [2.45, 2.75) is 69.4 Å². The highest BCUT2D eigenvalue weighted by Crippen LogP contribution is 2.33. The van der Waals surface area contributed by atoms with Crippen molar-refractivity contribution >= 4 is 5.91 Å². The molecule has 0 atom stereocenters. The van der Waals surface area contributed by atoms with Crippen molar-refractivity contribution in [3.05, 3.63) is 0 Å². The van der Waals surface area contributed by atoms with Gasteiger partial charge >= 0.3 is 0 Å². The SMILES string of the molecule is CN(CC(=O)NC1CCCCC1)C1(CN)CCCC1. The van der Waals surface area contributed by atoms with Crippen LogP contribution in [-0.2, 0) is 4.79 Å². The van der Waals surface area contributed by atoms with Crippen LogP contribution in [0.1, 0.15) is 57.8 Å². The van der Waals surface area contributed by atoms with Gasteiger partial charge in [0.2, 0.25) is 5.91 Å². The third-order valence-corrected chi connectivity index (χ3v) is 5.08. The quantitative estimate of drug-likeness (QED) is 0.796. The molecule has 19 heavy (non-hydrogen) atoms. The molecule has 0 spiro atoms. The lowest BCUT2D eigenvalue weighted by molar-refractivity contribution is -0.124. The Bertz CT molecular complexity index is 294. The third-order valence-electron chi connectivity index (χ3n) is 5.08. The molecule has 3 N–H and O–H groups in total. The maximum atomic E-state index is 12.1. The van der Waals surface area contributed by atoms with E-state index >= 15 is 0 Å². The molecular formula is C15H29N3O. The Morgan fingerprint density at radius 3 is 2.42 bits per heavy atom. The van der Waals surface area contributed by atoms with Crippen molar-refractivity contribution in [2.75, 3.05) is 20.1 Å². The fraction of sp³-hybridized carbons (Fsp3) is 0.933. The Balaban J connectivity index is 1.80. The summed E-state index contributed by atoms with van der Waals surface area (Å²) in [6, 6.07) is 0.409. The Kier molecular flexibility index (Phi) is 5.22. The highest BCUT2D eigenvalue weighted by Gasteiger charge is 2.37. The van der Waals surface area contributed by atoms with Crippen LogP contribution >= 0.6 is 0 Å². The fourth-order valence-corrected chi connectivity index (χ4v) is 3.68. The minimum absolute atomic E-state index is 0.0733. The first-order valence-electron chi connectivity index (χ1n) is 7.87. The summed E-state index contributed by atoms with van der Waals surface area (Å²) in [5, 5.41) is 3.19. The summed E-state index contributed by atoms with van der Waals surface area (Å²) >= 11 is 0. The van der Waals surface area contributed by atoms with Gasteiger partial charge in [0, 0.05) is 18.1 Å². The molecule has 0 aromatic heterocycles. The van der Waals surface area contributed by atoms with Crippen LogP contribution in [0.5, 0.6) is 0 Å². The van der Waals surface area contributed by atoms with Crippen LogP contribution < -0.4 is 11.1 Å². The second-order valence-electron chi connectivity index (χ2n) is 6.39. The minimum Gasteiger partial charge on any atom is -0.352 e. The van der Waals surface area contributed by atoms with Gasteiger partial charge in [0.1, 0.15) is 0 Å². The van der Waals surface area contributed by atoms with Gasteiger partial charge in [0.05, 0.1) is 6.54 Å². The zero-order chi connectivity index (χ0) is 13.7. The molecule has 0 heterocycles. The molecule has 2 aliphatic carbocycles. The molecule has 0 radical (unpaired) electrons. The largest absolute Gasteiger partial charge is 0.352 e. The second kappa shape index (κ2) is 6.71. The lowest BCUT2D eigenvalue weighted by atomic mass is 9.95. The molecule has 0 bridgehead atoms. The van der Waals surface area contributed by atoms with Crippen LogP contribution in [0.2, 0.25) is 0 Å². The molecule has 1 amide bonds. The van der Waals surface area contributed by atoms with Gasteiger partial charge in [-0.25, -0.2) is 0 Å². The summed E-state index contributed by atoms with van der Waals surface area (Å²) in [6.45, 7) is 1.16. The minimum atomic E-state index is 0.0733. The highest BCUT2D eigenvalue weighted by molar-refractivity contribution is 5.78. The second-order valence-corrected chi connectivity index (χ2v) is 6.39. The molecule has 0 aromatic rings. The van der Waals surface area contributed by atoms with Gasteiger partial charge in [0.25, 0.3) is 0 Å². The van der Waals surface area contributed by atoms with Gasteiger partial charge in [-0.1, -0.05) is 32.1 Å². The molecular weight excluding hydrogens is 238 g/mol. The summed E-state index contributed by atoms with van der Waals surface area (Å²) in [6.07, 6.45) is 10.9. The maximum Gasteiger partial charge on any atom is 0.234 e. The van der Waals surface area contributed by atoms with E-state index in [0.717, 1.165) is 25.7 Å². The zero-order valence-corrected chi connectivity index (χ0v) is 12.3. The number of rotatable bonds is 5. The van der Waals surface area contributed by atoms with E-state index in [4.69, 9.17) is 5.73 Å². The van der Waals surface area contributed by atoms with Gasteiger partial charge in [-0.05, 0) is 32.7 Å². The molecule has 0 aromatic carbocycles. The fourth-order valence-electron chi connectivity index (χ4n) is 3.68. The molecule has 4 nitrogen and oxygen atoms in total. The molecule has 2 rings (SSSR count). The van der Waals surface area contributed by atoms with Crippen molar-refractivity contribution in [3.8, 4) is 0 Å². The number of likely N-dealkylation sites (N-methyl/N-ethyl adjacent to an activating group) is 1. The zero-order valence-electron chi connectivity index (χ0n) is 12.3. The van der Waals surface area contributed by atoms with Crippen LogP contribution in [0.25, 0.3) is 0 Å². The van der Waals surface area contributed by atoms with Crippen molar-refractivity contribution < 1.29 is 4.79 Å². The molecule has 2 saturated carbocycles. The monoisotopic (exact) mass is 267 g/mol. The van der Waals surface area contributed by atoms with Crippen LogP contribution in [0, 0.1) is 0 Å². The highest BCUT2D eigenvalue weighted by atomic mass is 16.2. The van der Waals surface area contributed by atoms with Crippen molar-refractivity contribution in [1.29, 1.82) is 0 Å². The molecule has 4 heteroatoms. The summed E-state index contributed by atoms with van der Waals surface area (Å²) in [5.74, 6) is 0.175. The molecule has 0 aliphatic heterocycles.